The number of benzene rings is 2. The smallest absolute Gasteiger partial charge is 0.119 e. The molecule has 0 aliphatic heterocycles. The van der Waals surface area contributed by atoms with Crippen molar-refractivity contribution in [2.45, 2.75) is 19.4 Å². The highest BCUT2D eigenvalue weighted by atomic mass is 16.5. The summed E-state index contributed by atoms with van der Waals surface area (Å²) in [5.74, 6) is 0.900. The van der Waals surface area contributed by atoms with Crippen molar-refractivity contribution in [1.82, 2.24) is 5.32 Å². The van der Waals surface area contributed by atoms with Gasteiger partial charge in [0.2, 0.25) is 0 Å². The topological polar surface area (TPSA) is 21.3 Å². The van der Waals surface area contributed by atoms with Crippen molar-refractivity contribution in [3.63, 3.8) is 0 Å². The van der Waals surface area contributed by atoms with E-state index >= 15 is 0 Å². The molecule has 1 N–H and O–H groups in total. The second-order valence-corrected chi connectivity index (χ2v) is 4.57. The Morgan fingerprint density at radius 3 is 2.42 bits per heavy atom. The molecule has 2 aromatic carbocycles. The molecule has 0 heterocycles. The Morgan fingerprint density at radius 1 is 1.00 bits per heavy atom. The average Bonchev–Trinajstić information content (AvgIpc) is 2.49. The van der Waals surface area contributed by atoms with Gasteiger partial charge in [0.1, 0.15) is 5.75 Å². The van der Waals surface area contributed by atoms with Crippen molar-refractivity contribution in [3.05, 3.63) is 65.7 Å². The zero-order valence-corrected chi connectivity index (χ0v) is 11.6. The van der Waals surface area contributed by atoms with Crippen LogP contribution in [-0.4, -0.2) is 13.7 Å². The van der Waals surface area contributed by atoms with Crippen molar-refractivity contribution >= 4 is 0 Å². The fourth-order valence-electron chi connectivity index (χ4n) is 2.18. The molecule has 0 aliphatic rings. The fourth-order valence-corrected chi connectivity index (χ4v) is 2.18. The second-order valence-electron chi connectivity index (χ2n) is 4.57. The van der Waals surface area contributed by atoms with E-state index in [-0.39, 0.29) is 6.04 Å². The first kappa shape index (κ1) is 13.6. The molecule has 19 heavy (non-hydrogen) atoms. The van der Waals surface area contributed by atoms with Crippen LogP contribution >= 0.6 is 0 Å². The van der Waals surface area contributed by atoms with Crippen molar-refractivity contribution < 1.29 is 4.74 Å². The predicted molar refractivity (Wildman–Crippen MR) is 79.6 cm³/mol. The van der Waals surface area contributed by atoms with Crippen LogP contribution in [0.25, 0.3) is 0 Å². The molecular weight excluding hydrogens is 234 g/mol. The molecule has 0 saturated carbocycles. The van der Waals surface area contributed by atoms with E-state index in [1.54, 1.807) is 7.11 Å². The SMILES string of the molecule is CCCNC(c1ccccc1)c1cccc(OC)c1. The summed E-state index contributed by atoms with van der Waals surface area (Å²) in [7, 11) is 1.70. The molecule has 0 amide bonds. The van der Waals surface area contributed by atoms with Crippen molar-refractivity contribution in [2.75, 3.05) is 13.7 Å². The second kappa shape index (κ2) is 6.95. The summed E-state index contributed by atoms with van der Waals surface area (Å²) < 4.78 is 5.32. The van der Waals surface area contributed by atoms with Gasteiger partial charge in [0.05, 0.1) is 13.2 Å². The zero-order valence-electron chi connectivity index (χ0n) is 11.6. The van der Waals surface area contributed by atoms with Crippen LogP contribution in [0.5, 0.6) is 5.75 Å². The lowest BCUT2D eigenvalue weighted by Gasteiger charge is -2.20. The lowest BCUT2D eigenvalue weighted by molar-refractivity contribution is 0.413. The van der Waals surface area contributed by atoms with Gasteiger partial charge in [0.15, 0.2) is 0 Å². The Balaban J connectivity index is 2.31. The Morgan fingerprint density at radius 2 is 1.74 bits per heavy atom. The minimum absolute atomic E-state index is 0.219. The molecule has 0 fully saturated rings. The third-order valence-corrected chi connectivity index (χ3v) is 3.16. The molecule has 0 spiro atoms. The van der Waals surface area contributed by atoms with Gasteiger partial charge in [-0.2, -0.15) is 0 Å². The number of hydrogen-bond acceptors (Lipinski definition) is 2. The first-order chi connectivity index (χ1) is 9.35. The standard InChI is InChI=1S/C17H21NO/c1-3-12-18-17(14-8-5-4-6-9-14)15-10-7-11-16(13-15)19-2/h4-11,13,17-18H,3,12H2,1-2H3. The average molecular weight is 255 g/mol. The van der Waals surface area contributed by atoms with Gasteiger partial charge < -0.3 is 10.1 Å². The van der Waals surface area contributed by atoms with E-state index in [1.165, 1.54) is 11.1 Å². The molecule has 2 heteroatoms. The Bertz CT molecular complexity index is 496. The van der Waals surface area contributed by atoms with E-state index in [9.17, 15) is 0 Å². The Hall–Kier alpha value is -1.80. The van der Waals surface area contributed by atoms with Gasteiger partial charge in [-0.3, -0.25) is 0 Å². The van der Waals surface area contributed by atoms with E-state index in [4.69, 9.17) is 4.74 Å². The number of nitrogens with one attached hydrogen (secondary N) is 1. The summed E-state index contributed by atoms with van der Waals surface area (Å²) in [6.07, 6.45) is 1.12. The molecule has 0 aliphatic carbocycles. The minimum Gasteiger partial charge on any atom is -0.497 e. The minimum atomic E-state index is 0.219. The van der Waals surface area contributed by atoms with E-state index < -0.39 is 0 Å². The molecule has 2 rings (SSSR count). The molecule has 2 nitrogen and oxygen atoms in total. The molecule has 0 radical (unpaired) electrons. The lowest BCUT2D eigenvalue weighted by Crippen LogP contribution is -2.23. The highest BCUT2D eigenvalue weighted by Gasteiger charge is 2.13. The maximum Gasteiger partial charge on any atom is 0.119 e. The summed E-state index contributed by atoms with van der Waals surface area (Å²) in [4.78, 5) is 0. The van der Waals surface area contributed by atoms with Gasteiger partial charge in [-0.1, -0.05) is 49.4 Å². The van der Waals surface area contributed by atoms with Gasteiger partial charge >= 0.3 is 0 Å². The monoisotopic (exact) mass is 255 g/mol. The lowest BCUT2D eigenvalue weighted by atomic mass is 9.98. The van der Waals surface area contributed by atoms with Gasteiger partial charge in [-0.05, 0) is 36.2 Å². The molecule has 0 aromatic heterocycles. The Labute approximate surface area is 115 Å². The van der Waals surface area contributed by atoms with E-state index in [0.29, 0.717) is 0 Å². The first-order valence-electron chi connectivity index (χ1n) is 6.77. The van der Waals surface area contributed by atoms with Gasteiger partial charge in [0.25, 0.3) is 0 Å². The molecule has 1 unspecified atom stereocenters. The zero-order chi connectivity index (χ0) is 13.5. The van der Waals surface area contributed by atoms with Crippen LogP contribution in [0.4, 0.5) is 0 Å². The molecule has 0 bridgehead atoms. The fraction of sp³-hybridized carbons (Fsp3) is 0.294. The van der Waals surface area contributed by atoms with Gasteiger partial charge in [-0.15, -0.1) is 0 Å². The maximum atomic E-state index is 5.32. The normalized spacial score (nSPS) is 12.1. The first-order valence-corrected chi connectivity index (χ1v) is 6.77. The predicted octanol–water partition coefficient (Wildman–Crippen LogP) is 3.78. The summed E-state index contributed by atoms with van der Waals surface area (Å²) in [5.41, 5.74) is 2.52. The third-order valence-electron chi connectivity index (χ3n) is 3.16. The number of methoxy groups -OCH3 is 1. The van der Waals surface area contributed by atoms with Crippen LogP contribution in [0.3, 0.4) is 0 Å². The van der Waals surface area contributed by atoms with Crippen molar-refractivity contribution in [2.24, 2.45) is 0 Å². The number of ether oxygens (including phenoxy) is 1. The largest absolute Gasteiger partial charge is 0.497 e. The Kier molecular flexibility index (Phi) is 4.99. The van der Waals surface area contributed by atoms with E-state index in [0.717, 1.165) is 18.7 Å². The molecule has 0 saturated heterocycles. The maximum absolute atomic E-state index is 5.32. The van der Waals surface area contributed by atoms with Crippen LogP contribution in [0, 0.1) is 0 Å². The number of rotatable bonds is 6. The molecule has 2 aromatic rings. The van der Waals surface area contributed by atoms with Crippen LogP contribution < -0.4 is 10.1 Å². The highest BCUT2D eigenvalue weighted by molar-refractivity contribution is 5.36. The van der Waals surface area contributed by atoms with Crippen molar-refractivity contribution in [3.8, 4) is 5.75 Å². The number of hydrogen-bond donors (Lipinski definition) is 1. The van der Waals surface area contributed by atoms with Crippen molar-refractivity contribution in [1.29, 1.82) is 0 Å². The van der Waals surface area contributed by atoms with Gasteiger partial charge in [-0.25, -0.2) is 0 Å². The van der Waals surface area contributed by atoms with Crippen LogP contribution in [-0.2, 0) is 0 Å². The van der Waals surface area contributed by atoms with Crippen LogP contribution in [0.1, 0.15) is 30.5 Å². The molecule has 100 valence electrons. The summed E-state index contributed by atoms with van der Waals surface area (Å²) in [6, 6.07) is 19.0. The van der Waals surface area contributed by atoms with Crippen LogP contribution in [0.2, 0.25) is 0 Å². The summed E-state index contributed by atoms with van der Waals surface area (Å²) in [6.45, 7) is 3.18. The van der Waals surface area contributed by atoms with E-state index in [2.05, 4.69) is 48.6 Å². The molecular formula is C17H21NO. The van der Waals surface area contributed by atoms with Crippen LogP contribution in [0.15, 0.2) is 54.6 Å². The summed E-state index contributed by atoms with van der Waals surface area (Å²) in [5, 5.41) is 3.60. The van der Waals surface area contributed by atoms with E-state index in [1.807, 2.05) is 18.2 Å². The quantitative estimate of drug-likeness (QED) is 0.848. The molecule has 1 atom stereocenters. The third kappa shape index (κ3) is 3.58. The highest BCUT2D eigenvalue weighted by Crippen LogP contribution is 2.25. The summed E-state index contributed by atoms with van der Waals surface area (Å²) >= 11 is 0. The van der Waals surface area contributed by atoms with Gasteiger partial charge in [0, 0.05) is 0 Å².